The molecule has 0 aromatic heterocycles. The SMILES string of the molecule is Cc1c(Br)cc(CN)cc1S(=O)(=O)N1CCC(C)(C)CC1. The van der Waals surface area contributed by atoms with Gasteiger partial charge in [0.1, 0.15) is 0 Å². The maximum absolute atomic E-state index is 12.9. The van der Waals surface area contributed by atoms with Crippen molar-refractivity contribution in [2.24, 2.45) is 11.1 Å². The number of rotatable bonds is 3. The molecule has 6 heteroatoms. The van der Waals surface area contributed by atoms with E-state index < -0.39 is 10.0 Å². The maximum Gasteiger partial charge on any atom is 0.243 e. The lowest BCUT2D eigenvalue weighted by Crippen LogP contribution is -2.41. The number of nitrogens with zero attached hydrogens (tertiary/aromatic N) is 1. The number of benzene rings is 1. The summed E-state index contributed by atoms with van der Waals surface area (Å²) in [6, 6.07) is 3.59. The topological polar surface area (TPSA) is 63.4 Å². The zero-order chi connectivity index (χ0) is 15.8. The maximum atomic E-state index is 12.9. The summed E-state index contributed by atoms with van der Waals surface area (Å²) >= 11 is 3.43. The van der Waals surface area contributed by atoms with Gasteiger partial charge in [0.25, 0.3) is 0 Å². The lowest BCUT2D eigenvalue weighted by molar-refractivity contribution is 0.196. The van der Waals surface area contributed by atoms with Gasteiger partial charge in [0.2, 0.25) is 10.0 Å². The first-order valence-corrected chi connectivity index (χ1v) is 9.40. The minimum absolute atomic E-state index is 0.223. The number of sulfonamides is 1. The van der Waals surface area contributed by atoms with Gasteiger partial charge in [-0.15, -0.1) is 0 Å². The van der Waals surface area contributed by atoms with Crippen LogP contribution in [0.3, 0.4) is 0 Å². The van der Waals surface area contributed by atoms with E-state index in [0.717, 1.165) is 28.4 Å². The standard InChI is InChI=1S/C15H23BrN2O2S/c1-11-13(16)8-12(10-17)9-14(11)21(19,20)18-6-4-15(2,3)5-7-18/h8-9H,4-7,10,17H2,1-3H3. The van der Waals surface area contributed by atoms with Gasteiger partial charge in [0, 0.05) is 24.1 Å². The molecule has 0 atom stereocenters. The van der Waals surface area contributed by atoms with Crippen LogP contribution in [0.15, 0.2) is 21.5 Å². The molecule has 1 aliphatic rings. The third kappa shape index (κ3) is 3.50. The summed E-state index contributed by atoms with van der Waals surface area (Å²) in [7, 11) is -3.45. The summed E-state index contributed by atoms with van der Waals surface area (Å²) in [4.78, 5) is 0.372. The minimum atomic E-state index is -3.45. The van der Waals surface area contributed by atoms with E-state index in [0.29, 0.717) is 24.5 Å². The Morgan fingerprint density at radius 2 is 1.86 bits per heavy atom. The molecule has 2 N–H and O–H groups in total. The molecule has 0 unspecified atom stereocenters. The zero-order valence-corrected chi connectivity index (χ0v) is 15.2. The second kappa shape index (κ2) is 5.99. The van der Waals surface area contributed by atoms with E-state index in [2.05, 4.69) is 29.8 Å². The summed E-state index contributed by atoms with van der Waals surface area (Å²) < 4.78 is 28.2. The summed E-state index contributed by atoms with van der Waals surface area (Å²) in [6.45, 7) is 7.69. The Hall–Kier alpha value is -0.430. The zero-order valence-electron chi connectivity index (χ0n) is 12.8. The molecule has 2 rings (SSSR count). The number of nitrogens with two attached hydrogens (primary N) is 1. The first-order valence-electron chi connectivity index (χ1n) is 7.17. The number of halogens is 1. The van der Waals surface area contributed by atoms with Gasteiger partial charge in [-0.3, -0.25) is 0 Å². The van der Waals surface area contributed by atoms with Crippen molar-refractivity contribution in [1.29, 1.82) is 0 Å². The van der Waals surface area contributed by atoms with E-state index in [1.54, 1.807) is 10.4 Å². The van der Waals surface area contributed by atoms with Crippen molar-refractivity contribution >= 4 is 26.0 Å². The van der Waals surface area contributed by atoms with Crippen molar-refractivity contribution in [3.8, 4) is 0 Å². The van der Waals surface area contributed by atoms with Crippen LogP contribution in [-0.4, -0.2) is 25.8 Å². The Balaban J connectivity index is 2.39. The Kier molecular flexibility index (Phi) is 4.83. The molecule has 0 amide bonds. The predicted octanol–water partition coefficient (Wildman–Crippen LogP) is 3.03. The smallest absolute Gasteiger partial charge is 0.243 e. The monoisotopic (exact) mass is 374 g/mol. The first-order chi connectivity index (χ1) is 9.67. The summed E-state index contributed by atoms with van der Waals surface area (Å²) in [5.74, 6) is 0. The van der Waals surface area contributed by atoms with Gasteiger partial charge in [-0.25, -0.2) is 8.42 Å². The molecule has 0 spiro atoms. The van der Waals surface area contributed by atoms with Gasteiger partial charge in [0.15, 0.2) is 0 Å². The minimum Gasteiger partial charge on any atom is -0.326 e. The Morgan fingerprint density at radius 3 is 2.38 bits per heavy atom. The van der Waals surface area contributed by atoms with Crippen LogP contribution >= 0.6 is 15.9 Å². The van der Waals surface area contributed by atoms with Crippen molar-refractivity contribution < 1.29 is 8.42 Å². The van der Waals surface area contributed by atoms with Crippen LogP contribution in [0.5, 0.6) is 0 Å². The third-order valence-electron chi connectivity index (χ3n) is 4.29. The van der Waals surface area contributed by atoms with E-state index in [4.69, 9.17) is 5.73 Å². The van der Waals surface area contributed by atoms with Crippen LogP contribution in [0.25, 0.3) is 0 Å². The molecule has 0 radical (unpaired) electrons. The quantitative estimate of drug-likeness (QED) is 0.883. The van der Waals surface area contributed by atoms with Gasteiger partial charge in [0.05, 0.1) is 4.90 Å². The van der Waals surface area contributed by atoms with Crippen LogP contribution in [0.1, 0.15) is 37.8 Å². The second-order valence-electron chi connectivity index (χ2n) is 6.47. The van der Waals surface area contributed by atoms with E-state index >= 15 is 0 Å². The second-order valence-corrected chi connectivity index (χ2v) is 9.23. The Bertz CT molecular complexity index is 631. The highest BCUT2D eigenvalue weighted by Crippen LogP contribution is 2.34. The van der Waals surface area contributed by atoms with Crippen molar-refractivity contribution in [2.45, 2.75) is 45.1 Å². The fraction of sp³-hybridized carbons (Fsp3) is 0.600. The van der Waals surface area contributed by atoms with Crippen LogP contribution in [0.2, 0.25) is 0 Å². The van der Waals surface area contributed by atoms with Gasteiger partial charge < -0.3 is 5.73 Å². The molecule has 0 saturated carbocycles. The molecule has 1 heterocycles. The molecule has 1 aromatic carbocycles. The van der Waals surface area contributed by atoms with E-state index in [1.165, 1.54) is 0 Å². The molecule has 21 heavy (non-hydrogen) atoms. The molecular formula is C15H23BrN2O2S. The van der Waals surface area contributed by atoms with Crippen molar-refractivity contribution in [1.82, 2.24) is 4.31 Å². The first kappa shape index (κ1) is 16.9. The molecule has 1 fully saturated rings. The van der Waals surface area contributed by atoms with E-state index in [9.17, 15) is 8.42 Å². The fourth-order valence-corrected chi connectivity index (χ4v) is 4.94. The Labute approximate surface area is 135 Å². The highest BCUT2D eigenvalue weighted by molar-refractivity contribution is 9.10. The van der Waals surface area contributed by atoms with Crippen LogP contribution in [-0.2, 0) is 16.6 Å². The van der Waals surface area contributed by atoms with Crippen molar-refractivity contribution in [3.05, 3.63) is 27.7 Å². The molecule has 1 aliphatic heterocycles. The fourth-order valence-electron chi connectivity index (χ4n) is 2.56. The van der Waals surface area contributed by atoms with E-state index in [-0.39, 0.29) is 5.41 Å². The number of hydrogen-bond acceptors (Lipinski definition) is 3. The highest BCUT2D eigenvalue weighted by atomic mass is 79.9. The van der Waals surface area contributed by atoms with Crippen molar-refractivity contribution in [3.63, 3.8) is 0 Å². The molecule has 118 valence electrons. The number of piperidine rings is 1. The van der Waals surface area contributed by atoms with Gasteiger partial charge in [-0.1, -0.05) is 29.8 Å². The third-order valence-corrected chi connectivity index (χ3v) is 7.13. The predicted molar refractivity (Wildman–Crippen MR) is 88.5 cm³/mol. The molecular weight excluding hydrogens is 352 g/mol. The van der Waals surface area contributed by atoms with Gasteiger partial charge >= 0.3 is 0 Å². The summed E-state index contributed by atoms with van der Waals surface area (Å²) in [6.07, 6.45) is 1.78. The van der Waals surface area contributed by atoms with Crippen LogP contribution < -0.4 is 5.73 Å². The molecule has 1 aromatic rings. The van der Waals surface area contributed by atoms with Crippen molar-refractivity contribution in [2.75, 3.05) is 13.1 Å². The normalized spacial score (nSPS) is 19.7. The molecule has 1 saturated heterocycles. The molecule has 0 aliphatic carbocycles. The largest absolute Gasteiger partial charge is 0.326 e. The van der Waals surface area contributed by atoms with Crippen LogP contribution in [0.4, 0.5) is 0 Å². The molecule has 0 bridgehead atoms. The summed E-state index contributed by atoms with van der Waals surface area (Å²) in [5.41, 5.74) is 7.46. The lowest BCUT2D eigenvalue weighted by atomic mass is 9.83. The van der Waals surface area contributed by atoms with Crippen LogP contribution in [0, 0.1) is 12.3 Å². The lowest BCUT2D eigenvalue weighted by Gasteiger charge is -2.36. The van der Waals surface area contributed by atoms with Gasteiger partial charge in [-0.05, 0) is 48.4 Å². The summed E-state index contributed by atoms with van der Waals surface area (Å²) in [5, 5.41) is 0. The average molecular weight is 375 g/mol. The number of hydrogen-bond donors (Lipinski definition) is 1. The van der Waals surface area contributed by atoms with E-state index in [1.807, 2.05) is 13.0 Å². The van der Waals surface area contributed by atoms with Gasteiger partial charge in [-0.2, -0.15) is 4.31 Å². The molecule has 4 nitrogen and oxygen atoms in total. The Morgan fingerprint density at radius 1 is 1.29 bits per heavy atom. The highest BCUT2D eigenvalue weighted by Gasteiger charge is 2.33. The average Bonchev–Trinajstić information content (AvgIpc) is 2.41.